The fourth-order valence-corrected chi connectivity index (χ4v) is 4.07. The lowest BCUT2D eigenvalue weighted by Gasteiger charge is -2.38. The zero-order valence-corrected chi connectivity index (χ0v) is 17.4. The van der Waals surface area contributed by atoms with Gasteiger partial charge in [-0.2, -0.15) is 5.10 Å². The van der Waals surface area contributed by atoms with E-state index in [-0.39, 0.29) is 11.9 Å². The molecule has 5 heteroatoms. The Morgan fingerprint density at radius 3 is 2.31 bits per heavy atom. The molecule has 1 aliphatic heterocycles. The lowest BCUT2D eigenvalue weighted by molar-refractivity contribution is 0.0963. The van der Waals surface area contributed by atoms with Crippen molar-refractivity contribution >= 4 is 11.6 Å². The second-order valence-corrected chi connectivity index (χ2v) is 7.98. The summed E-state index contributed by atoms with van der Waals surface area (Å²) in [6, 6.07) is 16.3. The lowest BCUT2D eigenvalue weighted by Crippen LogP contribution is -2.47. The molecule has 29 heavy (non-hydrogen) atoms. The van der Waals surface area contributed by atoms with Crippen molar-refractivity contribution in [2.45, 2.75) is 25.8 Å². The van der Waals surface area contributed by atoms with Crippen LogP contribution in [0.2, 0.25) is 0 Å². The Hall–Kier alpha value is -2.92. The van der Waals surface area contributed by atoms with E-state index in [2.05, 4.69) is 36.1 Å². The van der Waals surface area contributed by atoms with Gasteiger partial charge in [0.2, 0.25) is 0 Å². The quantitative estimate of drug-likeness (QED) is 0.675. The summed E-state index contributed by atoms with van der Waals surface area (Å²) in [5.41, 5.74) is 4.99. The van der Waals surface area contributed by atoms with Crippen molar-refractivity contribution in [3.05, 3.63) is 72.1 Å². The summed E-state index contributed by atoms with van der Waals surface area (Å²) in [7, 11) is 4.05. The number of benzene rings is 2. The molecule has 0 saturated carbocycles. The number of rotatable bonds is 4. The van der Waals surface area contributed by atoms with Crippen LogP contribution < -0.4 is 4.90 Å². The maximum atomic E-state index is 13.6. The first-order chi connectivity index (χ1) is 14.0. The average Bonchev–Trinajstić information content (AvgIpc) is 3.17. The van der Waals surface area contributed by atoms with Crippen molar-refractivity contribution in [1.29, 1.82) is 0 Å². The van der Waals surface area contributed by atoms with Gasteiger partial charge in [0.1, 0.15) is 0 Å². The second-order valence-electron chi connectivity index (χ2n) is 7.98. The van der Waals surface area contributed by atoms with Gasteiger partial charge >= 0.3 is 0 Å². The second kappa shape index (κ2) is 8.21. The van der Waals surface area contributed by atoms with Gasteiger partial charge in [0.15, 0.2) is 0 Å². The molecule has 1 amide bonds. The van der Waals surface area contributed by atoms with Crippen LogP contribution in [0, 0.1) is 6.92 Å². The molecule has 0 bridgehead atoms. The molecule has 5 nitrogen and oxygen atoms in total. The van der Waals surface area contributed by atoms with Gasteiger partial charge in [-0.3, -0.25) is 9.48 Å². The topological polar surface area (TPSA) is 41.4 Å². The maximum Gasteiger partial charge on any atom is 0.258 e. The van der Waals surface area contributed by atoms with E-state index >= 15 is 0 Å². The van der Waals surface area contributed by atoms with Crippen LogP contribution in [-0.2, 0) is 7.05 Å². The largest absolute Gasteiger partial charge is 0.306 e. The van der Waals surface area contributed by atoms with Crippen LogP contribution in [0.15, 0.2) is 60.9 Å². The summed E-state index contributed by atoms with van der Waals surface area (Å²) >= 11 is 0. The van der Waals surface area contributed by atoms with Gasteiger partial charge in [0.05, 0.1) is 6.20 Å². The summed E-state index contributed by atoms with van der Waals surface area (Å²) in [6.45, 7) is 4.11. The Morgan fingerprint density at radius 2 is 1.69 bits per heavy atom. The minimum atomic E-state index is 0.0755. The van der Waals surface area contributed by atoms with Crippen LogP contribution in [0.4, 0.5) is 5.69 Å². The molecule has 3 aromatic rings. The number of likely N-dealkylation sites (tertiary alicyclic amines) is 1. The van der Waals surface area contributed by atoms with E-state index in [1.807, 2.05) is 60.7 Å². The highest BCUT2D eigenvalue weighted by atomic mass is 16.2. The molecule has 1 aliphatic rings. The highest BCUT2D eigenvalue weighted by Gasteiger charge is 2.29. The standard InChI is InChI=1S/C24H28N4O/c1-18-6-4-5-7-23(18)28(22-12-14-26(2)15-13-22)24(29)20-10-8-19(9-11-20)21-16-25-27(3)17-21/h4-11,16-17,22H,12-15H2,1-3H3. The number of amides is 1. The van der Waals surface area contributed by atoms with Crippen LogP contribution in [0.1, 0.15) is 28.8 Å². The van der Waals surface area contributed by atoms with Crippen LogP contribution in [0.5, 0.6) is 0 Å². The molecule has 150 valence electrons. The third-order valence-electron chi connectivity index (χ3n) is 5.82. The average molecular weight is 389 g/mol. The lowest BCUT2D eigenvalue weighted by atomic mass is 9.99. The van der Waals surface area contributed by atoms with E-state index in [1.54, 1.807) is 4.68 Å². The molecule has 0 spiro atoms. The van der Waals surface area contributed by atoms with Crippen molar-refractivity contribution in [3.63, 3.8) is 0 Å². The first-order valence-electron chi connectivity index (χ1n) is 10.2. The Balaban J connectivity index is 1.65. The molecule has 1 aromatic heterocycles. The summed E-state index contributed by atoms with van der Waals surface area (Å²) in [4.78, 5) is 18.0. The van der Waals surface area contributed by atoms with Crippen molar-refractivity contribution in [1.82, 2.24) is 14.7 Å². The SMILES string of the molecule is Cc1ccccc1N(C(=O)c1ccc(-c2cnn(C)c2)cc1)C1CCN(C)CC1. The smallest absolute Gasteiger partial charge is 0.258 e. The van der Waals surface area contributed by atoms with Crippen LogP contribution in [0.3, 0.4) is 0 Å². The molecule has 2 aromatic carbocycles. The Labute approximate surface area is 172 Å². The first-order valence-corrected chi connectivity index (χ1v) is 10.2. The van der Waals surface area contributed by atoms with Gasteiger partial charge in [-0.25, -0.2) is 0 Å². The van der Waals surface area contributed by atoms with E-state index in [9.17, 15) is 4.79 Å². The zero-order valence-electron chi connectivity index (χ0n) is 17.4. The van der Waals surface area contributed by atoms with Crippen LogP contribution >= 0.6 is 0 Å². The molecule has 0 atom stereocenters. The number of anilines is 1. The minimum absolute atomic E-state index is 0.0755. The van der Waals surface area contributed by atoms with E-state index in [0.717, 1.165) is 53.9 Å². The molecule has 2 heterocycles. The molecule has 4 rings (SSSR count). The molecule has 0 N–H and O–H groups in total. The Bertz CT molecular complexity index is 984. The molecule has 0 unspecified atom stereocenters. The van der Waals surface area contributed by atoms with Crippen LogP contribution in [-0.4, -0.2) is 46.8 Å². The normalized spacial score (nSPS) is 15.4. The molecule has 0 aliphatic carbocycles. The first kappa shape index (κ1) is 19.4. The van der Waals surface area contributed by atoms with Gasteiger partial charge < -0.3 is 9.80 Å². The summed E-state index contributed by atoms with van der Waals surface area (Å²) in [6.07, 6.45) is 5.80. The fourth-order valence-electron chi connectivity index (χ4n) is 4.07. The Morgan fingerprint density at radius 1 is 1.00 bits per heavy atom. The summed E-state index contributed by atoms with van der Waals surface area (Å²) in [5.74, 6) is 0.0755. The predicted molar refractivity (Wildman–Crippen MR) is 117 cm³/mol. The van der Waals surface area contributed by atoms with E-state index in [0.29, 0.717) is 0 Å². The molecular weight excluding hydrogens is 360 g/mol. The summed E-state index contributed by atoms with van der Waals surface area (Å²) in [5, 5.41) is 4.23. The number of hydrogen-bond acceptors (Lipinski definition) is 3. The Kier molecular flexibility index (Phi) is 5.49. The molecule has 0 radical (unpaired) electrons. The predicted octanol–water partition coefficient (Wildman–Crippen LogP) is 4.14. The number of carbonyl (C=O) groups is 1. The van der Waals surface area contributed by atoms with Gasteiger partial charge in [-0.05, 0) is 69.2 Å². The number of aromatic nitrogens is 2. The monoisotopic (exact) mass is 388 g/mol. The molecular formula is C24H28N4O. The number of carbonyl (C=O) groups excluding carboxylic acids is 1. The highest BCUT2D eigenvalue weighted by Crippen LogP contribution is 2.29. The minimum Gasteiger partial charge on any atom is -0.306 e. The third kappa shape index (κ3) is 4.10. The van der Waals surface area contributed by atoms with Crippen molar-refractivity contribution in [2.24, 2.45) is 7.05 Å². The van der Waals surface area contributed by atoms with Gasteiger partial charge in [-0.15, -0.1) is 0 Å². The van der Waals surface area contributed by atoms with Gasteiger partial charge in [-0.1, -0.05) is 30.3 Å². The summed E-state index contributed by atoms with van der Waals surface area (Å²) < 4.78 is 1.79. The van der Waals surface area contributed by atoms with E-state index in [4.69, 9.17) is 0 Å². The number of hydrogen-bond donors (Lipinski definition) is 0. The molecule has 1 fully saturated rings. The van der Waals surface area contributed by atoms with E-state index in [1.165, 1.54) is 0 Å². The fraction of sp³-hybridized carbons (Fsp3) is 0.333. The highest BCUT2D eigenvalue weighted by molar-refractivity contribution is 6.07. The van der Waals surface area contributed by atoms with Crippen molar-refractivity contribution in [2.75, 3.05) is 25.0 Å². The number of para-hydroxylation sites is 1. The van der Waals surface area contributed by atoms with Crippen LogP contribution in [0.25, 0.3) is 11.1 Å². The maximum absolute atomic E-state index is 13.6. The van der Waals surface area contributed by atoms with Crippen molar-refractivity contribution in [3.8, 4) is 11.1 Å². The number of aryl methyl sites for hydroxylation is 2. The van der Waals surface area contributed by atoms with E-state index < -0.39 is 0 Å². The number of nitrogens with zero attached hydrogens (tertiary/aromatic N) is 4. The van der Waals surface area contributed by atoms with Crippen molar-refractivity contribution < 1.29 is 4.79 Å². The van der Waals surface area contributed by atoms with Gasteiger partial charge in [0.25, 0.3) is 5.91 Å². The zero-order chi connectivity index (χ0) is 20.4. The third-order valence-corrected chi connectivity index (χ3v) is 5.82. The number of piperidine rings is 1. The molecule has 1 saturated heterocycles. The van der Waals surface area contributed by atoms with Gasteiger partial charge in [0, 0.05) is 36.1 Å².